The number of benzene rings is 2. The van der Waals surface area contributed by atoms with Crippen molar-refractivity contribution in [2.75, 3.05) is 6.54 Å². The van der Waals surface area contributed by atoms with Crippen LogP contribution in [0, 0.1) is 11.6 Å². The van der Waals surface area contributed by atoms with Crippen molar-refractivity contribution in [2.45, 2.75) is 19.3 Å². The highest BCUT2D eigenvalue weighted by Gasteiger charge is 2.05. The molecule has 1 N–H and O–H groups in total. The van der Waals surface area contributed by atoms with Gasteiger partial charge in [0.25, 0.3) is 0 Å². The number of ether oxygens (including phenoxy) is 1. The lowest BCUT2D eigenvalue weighted by Crippen LogP contribution is -2.27. The number of carbonyl (C=O) groups is 1. The van der Waals surface area contributed by atoms with E-state index in [1.54, 1.807) is 24.3 Å². The van der Waals surface area contributed by atoms with Crippen molar-refractivity contribution in [3.63, 3.8) is 0 Å². The van der Waals surface area contributed by atoms with E-state index in [0.717, 1.165) is 6.07 Å². The van der Waals surface area contributed by atoms with Gasteiger partial charge in [0, 0.05) is 12.6 Å². The fraction of sp³-hybridized carbons (Fsp3) is 0.235. The van der Waals surface area contributed by atoms with Crippen LogP contribution in [-0.2, 0) is 6.42 Å². The lowest BCUT2D eigenvalue weighted by atomic mass is 10.1. The van der Waals surface area contributed by atoms with Gasteiger partial charge < -0.3 is 10.1 Å². The second-order valence-electron chi connectivity index (χ2n) is 4.82. The molecule has 22 heavy (non-hydrogen) atoms. The maximum atomic E-state index is 13.4. The van der Waals surface area contributed by atoms with Crippen LogP contribution in [0.3, 0.4) is 0 Å². The summed E-state index contributed by atoms with van der Waals surface area (Å²) in [5.74, 6) is -0.628. The Labute approximate surface area is 127 Å². The molecule has 116 valence electrons. The topological polar surface area (TPSA) is 38.3 Å². The Morgan fingerprint density at radius 2 is 1.82 bits per heavy atom. The fourth-order valence-corrected chi connectivity index (χ4v) is 1.99. The number of carbonyl (C=O) groups excluding carboxylic acids is 1. The average molecular weight is 305 g/mol. The molecule has 2 aromatic rings. The third kappa shape index (κ3) is 5.16. The smallest absolute Gasteiger partial charge is 0.410 e. The van der Waals surface area contributed by atoms with Crippen LogP contribution in [0.2, 0.25) is 0 Å². The number of rotatable bonds is 6. The highest BCUT2D eigenvalue weighted by atomic mass is 19.1. The van der Waals surface area contributed by atoms with E-state index in [9.17, 15) is 13.6 Å². The third-order valence-electron chi connectivity index (χ3n) is 3.11. The molecule has 0 heterocycles. The van der Waals surface area contributed by atoms with Crippen molar-refractivity contribution in [3.05, 3.63) is 65.7 Å². The van der Waals surface area contributed by atoms with Gasteiger partial charge in [0.05, 0.1) is 0 Å². The largest absolute Gasteiger partial charge is 0.412 e. The molecule has 1 amide bonds. The van der Waals surface area contributed by atoms with Gasteiger partial charge in [0.15, 0.2) is 0 Å². The molecule has 0 saturated carbocycles. The number of hydrogen-bond acceptors (Lipinski definition) is 2. The molecule has 0 aliphatic heterocycles. The zero-order valence-electron chi connectivity index (χ0n) is 12.0. The van der Waals surface area contributed by atoms with E-state index in [1.165, 1.54) is 12.1 Å². The van der Waals surface area contributed by atoms with Crippen molar-refractivity contribution in [2.24, 2.45) is 0 Å². The quantitative estimate of drug-likeness (QED) is 0.817. The first-order valence-electron chi connectivity index (χ1n) is 7.10. The zero-order valence-corrected chi connectivity index (χ0v) is 12.0. The Morgan fingerprint density at radius 3 is 2.55 bits per heavy atom. The number of nitrogens with one attached hydrogen (secondary N) is 1. The van der Waals surface area contributed by atoms with Gasteiger partial charge in [-0.1, -0.05) is 24.3 Å². The number of unbranched alkanes of at least 4 members (excludes halogenated alkanes) is 1. The lowest BCUT2D eigenvalue weighted by molar-refractivity contribution is 0.200. The molecule has 0 spiro atoms. The average Bonchev–Trinajstić information content (AvgIpc) is 2.50. The molecule has 0 atom stereocenters. The van der Waals surface area contributed by atoms with E-state index in [1.807, 2.05) is 6.07 Å². The summed E-state index contributed by atoms with van der Waals surface area (Å²) < 4.78 is 31.2. The molecular weight excluding hydrogens is 288 g/mol. The van der Waals surface area contributed by atoms with Gasteiger partial charge in [-0.15, -0.1) is 0 Å². The molecule has 0 aliphatic rings. The van der Waals surface area contributed by atoms with Crippen LogP contribution in [0.15, 0.2) is 48.5 Å². The van der Waals surface area contributed by atoms with Crippen molar-refractivity contribution >= 4 is 6.09 Å². The van der Waals surface area contributed by atoms with Crippen LogP contribution in [-0.4, -0.2) is 12.6 Å². The van der Waals surface area contributed by atoms with Crippen molar-refractivity contribution in [3.8, 4) is 5.75 Å². The Bertz CT molecular complexity index is 617. The molecule has 0 radical (unpaired) electrons. The van der Waals surface area contributed by atoms with Gasteiger partial charge >= 0.3 is 6.09 Å². The summed E-state index contributed by atoms with van der Waals surface area (Å²) in [6.45, 7) is 0.439. The number of amides is 1. The summed E-state index contributed by atoms with van der Waals surface area (Å²) in [6.07, 6.45) is 1.36. The van der Waals surface area contributed by atoms with Gasteiger partial charge in [-0.2, -0.15) is 0 Å². The Morgan fingerprint density at radius 1 is 1.05 bits per heavy atom. The van der Waals surface area contributed by atoms with Crippen molar-refractivity contribution in [1.82, 2.24) is 5.32 Å². The highest BCUT2D eigenvalue weighted by Crippen LogP contribution is 2.12. The predicted molar refractivity (Wildman–Crippen MR) is 79.8 cm³/mol. The monoisotopic (exact) mass is 305 g/mol. The van der Waals surface area contributed by atoms with E-state index in [-0.39, 0.29) is 0 Å². The van der Waals surface area contributed by atoms with Crippen LogP contribution in [0.4, 0.5) is 13.6 Å². The predicted octanol–water partition coefficient (Wildman–Crippen LogP) is 4.08. The molecule has 3 nitrogen and oxygen atoms in total. The molecule has 0 fully saturated rings. The minimum absolute atomic E-state index is 0.439. The summed E-state index contributed by atoms with van der Waals surface area (Å²) in [4.78, 5) is 11.5. The highest BCUT2D eigenvalue weighted by molar-refractivity contribution is 5.70. The maximum absolute atomic E-state index is 13.4. The van der Waals surface area contributed by atoms with Gasteiger partial charge in [-0.3, -0.25) is 0 Å². The van der Waals surface area contributed by atoms with E-state index < -0.39 is 17.7 Å². The van der Waals surface area contributed by atoms with Crippen LogP contribution >= 0.6 is 0 Å². The van der Waals surface area contributed by atoms with Crippen molar-refractivity contribution in [1.29, 1.82) is 0 Å². The number of halogens is 2. The standard InChI is InChI=1S/C17H17F2NO2/c18-14-10-9-13(16(19)12-14)6-4-5-11-20-17(21)22-15-7-2-1-3-8-15/h1-3,7-10,12H,4-6,11H2,(H,20,21). The summed E-state index contributed by atoms with van der Waals surface area (Å²) in [6, 6.07) is 12.3. The van der Waals surface area contributed by atoms with Crippen LogP contribution < -0.4 is 10.1 Å². The molecule has 0 aliphatic carbocycles. The zero-order chi connectivity index (χ0) is 15.8. The van der Waals surface area contributed by atoms with Gasteiger partial charge in [0.1, 0.15) is 17.4 Å². The number of aryl methyl sites for hydroxylation is 1. The Hall–Kier alpha value is -2.43. The summed E-state index contributed by atoms with van der Waals surface area (Å²) in [5.41, 5.74) is 0.480. The first kappa shape index (κ1) is 15.9. The number of hydrogen-bond donors (Lipinski definition) is 1. The van der Waals surface area contributed by atoms with Crippen molar-refractivity contribution < 1.29 is 18.3 Å². The molecule has 0 bridgehead atoms. The van der Waals surface area contributed by atoms with Gasteiger partial charge in [0.2, 0.25) is 0 Å². The van der Waals surface area contributed by atoms with Crippen LogP contribution in [0.5, 0.6) is 5.75 Å². The third-order valence-corrected chi connectivity index (χ3v) is 3.11. The first-order valence-corrected chi connectivity index (χ1v) is 7.10. The SMILES string of the molecule is O=C(NCCCCc1ccc(F)cc1F)Oc1ccccc1. The second-order valence-corrected chi connectivity index (χ2v) is 4.82. The maximum Gasteiger partial charge on any atom is 0.412 e. The molecule has 0 aromatic heterocycles. The minimum atomic E-state index is -0.577. The summed E-state index contributed by atoms with van der Waals surface area (Å²) >= 11 is 0. The van der Waals surface area contributed by atoms with Gasteiger partial charge in [-0.05, 0) is 43.0 Å². The Balaban J connectivity index is 1.64. The number of para-hydroxylation sites is 1. The second kappa shape index (κ2) is 8.12. The van der Waals surface area contributed by atoms with E-state index in [4.69, 9.17) is 4.74 Å². The minimum Gasteiger partial charge on any atom is -0.410 e. The molecule has 5 heteroatoms. The molecule has 2 rings (SSSR count). The van der Waals surface area contributed by atoms with Crippen LogP contribution in [0.25, 0.3) is 0 Å². The lowest BCUT2D eigenvalue weighted by Gasteiger charge is -2.07. The van der Waals surface area contributed by atoms with E-state index in [0.29, 0.717) is 37.1 Å². The fourth-order valence-electron chi connectivity index (χ4n) is 1.99. The Kier molecular flexibility index (Phi) is 5.89. The summed E-state index contributed by atoms with van der Waals surface area (Å²) in [7, 11) is 0. The molecule has 2 aromatic carbocycles. The molecule has 0 unspecified atom stereocenters. The summed E-state index contributed by atoms with van der Waals surface area (Å²) in [5, 5.41) is 2.63. The van der Waals surface area contributed by atoms with E-state index in [2.05, 4.69) is 5.32 Å². The van der Waals surface area contributed by atoms with E-state index >= 15 is 0 Å². The first-order chi connectivity index (χ1) is 10.6. The van der Waals surface area contributed by atoms with Crippen LogP contribution in [0.1, 0.15) is 18.4 Å². The molecule has 0 saturated heterocycles. The normalized spacial score (nSPS) is 10.3. The molecular formula is C17H17F2NO2. The van der Waals surface area contributed by atoms with Gasteiger partial charge in [-0.25, -0.2) is 13.6 Å².